The molecule has 0 atom stereocenters. The maximum Gasteiger partial charge on any atom is 0.274 e. The third-order valence-electron chi connectivity index (χ3n) is 4.03. The van der Waals surface area contributed by atoms with Crippen LogP contribution in [0.2, 0.25) is 5.02 Å². The summed E-state index contributed by atoms with van der Waals surface area (Å²) >= 11 is 5.88. The Bertz CT molecular complexity index is 859. The molecular formula is C21H20ClN3O. The third-order valence-corrected chi connectivity index (χ3v) is 4.28. The maximum absolute atomic E-state index is 12.3. The molecule has 1 aromatic heterocycles. The van der Waals surface area contributed by atoms with Crippen LogP contribution in [0, 0.1) is 0 Å². The molecule has 0 aliphatic heterocycles. The number of nitrogens with zero attached hydrogens (tertiary/aromatic N) is 1. The van der Waals surface area contributed by atoms with Gasteiger partial charge in [0, 0.05) is 17.3 Å². The topological polar surface area (TPSA) is 54.0 Å². The van der Waals surface area contributed by atoms with Crippen molar-refractivity contribution in [3.05, 3.63) is 88.7 Å². The predicted molar refractivity (Wildman–Crippen MR) is 107 cm³/mol. The Hall–Kier alpha value is -2.85. The lowest BCUT2D eigenvalue weighted by Crippen LogP contribution is -2.13. The lowest BCUT2D eigenvalue weighted by molar-refractivity contribution is 0.102. The summed E-state index contributed by atoms with van der Waals surface area (Å²) in [4.78, 5) is 16.5. The molecule has 2 N–H and O–H groups in total. The highest BCUT2D eigenvalue weighted by molar-refractivity contribution is 6.30. The normalized spacial score (nSPS) is 10.4. The van der Waals surface area contributed by atoms with Crippen molar-refractivity contribution in [2.24, 2.45) is 0 Å². The molecule has 0 unspecified atom stereocenters. The van der Waals surface area contributed by atoms with Crippen molar-refractivity contribution in [1.29, 1.82) is 0 Å². The summed E-state index contributed by atoms with van der Waals surface area (Å²) in [6.07, 6.45) is 2.63. The summed E-state index contributed by atoms with van der Waals surface area (Å²) in [7, 11) is 0. The van der Waals surface area contributed by atoms with Crippen molar-refractivity contribution >= 4 is 28.9 Å². The molecule has 0 saturated carbocycles. The van der Waals surface area contributed by atoms with Gasteiger partial charge in [0.1, 0.15) is 5.69 Å². The van der Waals surface area contributed by atoms with Crippen LogP contribution in [0.1, 0.15) is 28.5 Å². The maximum atomic E-state index is 12.3. The summed E-state index contributed by atoms with van der Waals surface area (Å²) < 4.78 is 0. The van der Waals surface area contributed by atoms with Crippen molar-refractivity contribution in [2.75, 3.05) is 10.6 Å². The first-order valence-electron chi connectivity index (χ1n) is 8.48. The van der Waals surface area contributed by atoms with Crippen LogP contribution in [-0.4, -0.2) is 10.9 Å². The Kier molecular flexibility index (Phi) is 5.87. The number of halogens is 1. The molecule has 5 heteroatoms. The molecule has 0 saturated heterocycles. The molecule has 0 radical (unpaired) electrons. The van der Waals surface area contributed by atoms with Crippen LogP contribution in [0.3, 0.4) is 0 Å². The van der Waals surface area contributed by atoms with Gasteiger partial charge in [0.2, 0.25) is 0 Å². The van der Waals surface area contributed by atoms with Gasteiger partial charge in [-0.3, -0.25) is 4.79 Å². The van der Waals surface area contributed by atoms with E-state index in [0.29, 0.717) is 12.2 Å². The minimum Gasteiger partial charge on any atom is -0.380 e. The van der Waals surface area contributed by atoms with Gasteiger partial charge in [0.25, 0.3) is 5.91 Å². The van der Waals surface area contributed by atoms with E-state index in [-0.39, 0.29) is 5.91 Å². The molecule has 26 heavy (non-hydrogen) atoms. The van der Waals surface area contributed by atoms with Gasteiger partial charge >= 0.3 is 0 Å². The number of benzene rings is 2. The number of nitrogens with one attached hydrogen (secondary N) is 2. The first-order chi connectivity index (χ1) is 12.6. The van der Waals surface area contributed by atoms with Crippen molar-refractivity contribution in [2.45, 2.75) is 19.9 Å². The average molecular weight is 366 g/mol. The number of amides is 1. The highest BCUT2D eigenvalue weighted by atomic mass is 35.5. The van der Waals surface area contributed by atoms with E-state index in [2.05, 4.69) is 22.5 Å². The number of aromatic nitrogens is 1. The molecule has 0 bridgehead atoms. The minimum absolute atomic E-state index is 0.224. The van der Waals surface area contributed by atoms with E-state index in [1.165, 1.54) is 5.56 Å². The number of pyridine rings is 1. The Labute approximate surface area is 158 Å². The van der Waals surface area contributed by atoms with Crippen LogP contribution >= 0.6 is 11.6 Å². The first-order valence-corrected chi connectivity index (χ1v) is 8.86. The quantitative estimate of drug-likeness (QED) is 0.634. The van der Waals surface area contributed by atoms with Gasteiger partial charge in [-0.2, -0.15) is 0 Å². The zero-order valence-electron chi connectivity index (χ0n) is 14.5. The van der Waals surface area contributed by atoms with Gasteiger partial charge in [0.15, 0.2) is 0 Å². The number of aryl methyl sites for hydroxylation is 1. The molecule has 0 aliphatic carbocycles. The van der Waals surface area contributed by atoms with Crippen LogP contribution in [0.5, 0.6) is 0 Å². The molecular weight excluding hydrogens is 346 g/mol. The molecule has 0 fully saturated rings. The monoisotopic (exact) mass is 365 g/mol. The fourth-order valence-electron chi connectivity index (χ4n) is 2.46. The largest absolute Gasteiger partial charge is 0.380 e. The second kappa shape index (κ2) is 8.50. The Balaban J connectivity index is 1.57. The van der Waals surface area contributed by atoms with E-state index in [1.54, 1.807) is 12.3 Å². The Morgan fingerprint density at radius 3 is 2.19 bits per heavy atom. The molecule has 2 aromatic carbocycles. The standard InChI is InChI=1S/C21H20ClN3O/c1-2-15-5-9-18(10-6-15)25-21(26)20-12-11-19(14-24-20)23-13-16-3-7-17(22)8-4-16/h3-12,14,23H,2,13H2,1H3,(H,25,26). The van der Waals surface area contributed by atoms with Crippen molar-refractivity contribution < 1.29 is 4.79 Å². The van der Waals surface area contributed by atoms with Gasteiger partial charge in [-0.05, 0) is 53.9 Å². The fraction of sp³-hybridized carbons (Fsp3) is 0.143. The van der Waals surface area contributed by atoms with Crippen LogP contribution in [-0.2, 0) is 13.0 Å². The second-order valence-corrected chi connectivity index (χ2v) is 6.35. The fourth-order valence-corrected chi connectivity index (χ4v) is 2.58. The van der Waals surface area contributed by atoms with Gasteiger partial charge in [-0.15, -0.1) is 0 Å². The number of rotatable bonds is 6. The average Bonchev–Trinajstić information content (AvgIpc) is 2.68. The summed E-state index contributed by atoms with van der Waals surface area (Å²) in [6, 6.07) is 19.0. The first kappa shape index (κ1) is 18.0. The van der Waals surface area contributed by atoms with Crippen molar-refractivity contribution in [1.82, 2.24) is 4.98 Å². The smallest absolute Gasteiger partial charge is 0.274 e. The zero-order valence-corrected chi connectivity index (χ0v) is 15.3. The molecule has 1 heterocycles. The summed E-state index contributed by atoms with van der Waals surface area (Å²) in [5.74, 6) is -0.224. The number of hydrogen-bond acceptors (Lipinski definition) is 3. The zero-order chi connectivity index (χ0) is 18.4. The molecule has 3 aromatic rings. The molecule has 0 aliphatic rings. The van der Waals surface area contributed by atoms with Crippen LogP contribution in [0.4, 0.5) is 11.4 Å². The third kappa shape index (κ3) is 4.83. The van der Waals surface area contributed by atoms with E-state index in [4.69, 9.17) is 11.6 Å². The summed E-state index contributed by atoms with van der Waals surface area (Å²) in [5.41, 5.74) is 4.34. The van der Waals surface area contributed by atoms with E-state index >= 15 is 0 Å². The predicted octanol–water partition coefficient (Wildman–Crippen LogP) is 5.16. The lowest BCUT2D eigenvalue weighted by atomic mass is 10.1. The molecule has 3 rings (SSSR count). The number of hydrogen-bond donors (Lipinski definition) is 2. The van der Waals surface area contributed by atoms with Crippen LogP contribution < -0.4 is 10.6 Å². The molecule has 0 spiro atoms. The number of carbonyl (C=O) groups is 1. The van der Waals surface area contributed by atoms with E-state index in [1.807, 2.05) is 54.6 Å². The molecule has 132 valence electrons. The molecule has 4 nitrogen and oxygen atoms in total. The van der Waals surface area contributed by atoms with Gasteiger partial charge in [-0.25, -0.2) is 4.98 Å². The summed E-state index contributed by atoms with van der Waals surface area (Å²) in [5, 5.41) is 6.85. The minimum atomic E-state index is -0.224. The number of anilines is 2. The highest BCUT2D eigenvalue weighted by Gasteiger charge is 2.07. The van der Waals surface area contributed by atoms with Crippen molar-refractivity contribution in [3.8, 4) is 0 Å². The van der Waals surface area contributed by atoms with E-state index in [0.717, 1.165) is 28.4 Å². The Morgan fingerprint density at radius 2 is 1.58 bits per heavy atom. The van der Waals surface area contributed by atoms with Crippen molar-refractivity contribution in [3.63, 3.8) is 0 Å². The van der Waals surface area contributed by atoms with E-state index in [9.17, 15) is 4.79 Å². The molecule has 1 amide bonds. The Morgan fingerprint density at radius 1 is 0.923 bits per heavy atom. The van der Waals surface area contributed by atoms with Crippen LogP contribution in [0.25, 0.3) is 0 Å². The number of carbonyl (C=O) groups excluding carboxylic acids is 1. The van der Waals surface area contributed by atoms with Gasteiger partial charge < -0.3 is 10.6 Å². The van der Waals surface area contributed by atoms with Gasteiger partial charge in [-0.1, -0.05) is 42.8 Å². The van der Waals surface area contributed by atoms with Crippen LogP contribution in [0.15, 0.2) is 66.9 Å². The lowest BCUT2D eigenvalue weighted by Gasteiger charge is -2.08. The second-order valence-electron chi connectivity index (χ2n) is 5.92. The van der Waals surface area contributed by atoms with E-state index < -0.39 is 0 Å². The summed E-state index contributed by atoms with van der Waals surface area (Å²) in [6.45, 7) is 2.76. The highest BCUT2D eigenvalue weighted by Crippen LogP contribution is 2.14. The van der Waals surface area contributed by atoms with Gasteiger partial charge in [0.05, 0.1) is 11.9 Å². The SMILES string of the molecule is CCc1ccc(NC(=O)c2ccc(NCc3ccc(Cl)cc3)cn2)cc1.